The summed E-state index contributed by atoms with van der Waals surface area (Å²) in [4.78, 5) is 0. The van der Waals surface area contributed by atoms with E-state index >= 15 is 0 Å². The van der Waals surface area contributed by atoms with Crippen molar-refractivity contribution in [3.8, 4) is 0 Å². The second-order valence-electron chi connectivity index (χ2n) is 0.0583. The molecular formula is F2LiMoNiOTi. The molecule has 0 amide bonds. The van der Waals surface area contributed by atoms with Crippen molar-refractivity contribution in [1.29, 1.82) is 0 Å². The van der Waals surface area contributed by atoms with Gasteiger partial charge in [-0.1, -0.05) is 0 Å². The maximum Gasteiger partial charge on any atom is 0.0209 e. The predicted octanol–water partition coefficient (Wildman–Crippen LogP) is 0.384. The van der Waals surface area contributed by atoms with Gasteiger partial charge in [0.2, 0.25) is 0 Å². The summed E-state index contributed by atoms with van der Waals surface area (Å²) in [6.45, 7) is 0. The van der Waals surface area contributed by atoms with E-state index in [-0.39, 0.29) is 78.1 Å². The molecule has 7 heavy (non-hydrogen) atoms. The third-order valence-corrected chi connectivity index (χ3v) is 0. The summed E-state index contributed by atoms with van der Waals surface area (Å²) < 4.78 is 18.2. The second kappa shape index (κ2) is 40.5. The molecular weight excluding hydrogens is 263 g/mol. The summed E-state index contributed by atoms with van der Waals surface area (Å²) >= 11 is 0. The van der Waals surface area contributed by atoms with E-state index < -0.39 is 0 Å². The minimum absolute atomic E-state index is 0. The molecule has 0 spiro atoms. The molecule has 0 aliphatic carbocycles. The van der Waals surface area contributed by atoms with E-state index in [1.807, 2.05) is 0 Å². The maximum atomic E-state index is 9.12. The topological polar surface area (TPSA) is 9.23 Å². The second-order valence-corrected chi connectivity index (χ2v) is 0.0583. The molecule has 7 heteroatoms. The van der Waals surface area contributed by atoms with Crippen molar-refractivity contribution in [2.24, 2.45) is 0 Å². The van der Waals surface area contributed by atoms with Gasteiger partial charge in [0.25, 0.3) is 0 Å². The van der Waals surface area contributed by atoms with Crippen molar-refractivity contribution in [3.63, 3.8) is 0 Å². The molecule has 0 atom stereocenters. The van der Waals surface area contributed by atoms with Gasteiger partial charge in [-0.05, 0) is 9.05 Å². The van der Waals surface area contributed by atoms with Crippen molar-refractivity contribution in [2.75, 3.05) is 0 Å². The van der Waals surface area contributed by atoms with Crippen LogP contribution < -0.4 is 0 Å². The van der Waals surface area contributed by atoms with E-state index in [1.54, 1.807) is 0 Å². The van der Waals surface area contributed by atoms with Gasteiger partial charge in [0, 0.05) is 83.3 Å². The average Bonchev–Trinajstić information content (AvgIpc) is 0.918. The number of rotatable bonds is 0. The van der Waals surface area contributed by atoms with Crippen molar-refractivity contribution in [3.05, 3.63) is 0 Å². The molecule has 0 N–H and O–H groups in total. The first-order valence-corrected chi connectivity index (χ1v) is 0.309. The predicted molar refractivity (Wildman–Crippen MR) is 9.05 cm³/mol. The van der Waals surface area contributed by atoms with Crippen LogP contribution in [-0.4, -0.2) is 18.9 Å². The number of hydrogen-bond acceptors (Lipinski definition) is 1. The monoisotopic (exact) mass is 265 g/mol. The summed E-state index contributed by atoms with van der Waals surface area (Å²) in [7, 11) is 0. The van der Waals surface area contributed by atoms with E-state index in [9.17, 15) is 0 Å². The Balaban J connectivity index is -0.00000000333. The molecule has 0 aromatic carbocycles. The Morgan fingerprint density at radius 2 is 1.14 bits per heavy atom. The van der Waals surface area contributed by atoms with Gasteiger partial charge in [-0.25, -0.2) is 0 Å². The van der Waals surface area contributed by atoms with E-state index in [2.05, 4.69) is 0 Å². The van der Waals surface area contributed by atoms with Gasteiger partial charge in [-0.3, -0.25) is 0 Å². The van der Waals surface area contributed by atoms with Crippen LogP contribution in [0, 0.1) is 0 Å². The normalized spacial score (nSPS) is 2.57. The Kier molecular flexibility index (Phi) is 200. The van der Waals surface area contributed by atoms with Crippen molar-refractivity contribution < 1.29 is 73.5 Å². The van der Waals surface area contributed by atoms with E-state index in [0.29, 0.717) is 0 Å². The van der Waals surface area contributed by atoms with Crippen molar-refractivity contribution in [2.45, 2.75) is 0 Å². The van der Waals surface area contributed by atoms with Gasteiger partial charge >= 0.3 is 0 Å². The largest absolute Gasteiger partial charge is 0.0209 e. The zero-order valence-corrected chi connectivity index (χ0v) is 7.94. The van der Waals surface area contributed by atoms with E-state index in [4.69, 9.17) is 9.05 Å². The summed E-state index contributed by atoms with van der Waals surface area (Å²) in [5.74, 6) is 0. The molecule has 0 aromatic rings. The molecule has 0 aromatic heterocycles. The summed E-state index contributed by atoms with van der Waals surface area (Å²) in [6.07, 6.45) is 0. The summed E-state index contributed by atoms with van der Waals surface area (Å²) in [5, 5.41) is 1.25. The van der Waals surface area contributed by atoms with Crippen LogP contribution in [0.2, 0.25) is 0 Å². The first kappa shape index (κ1) is 34.6. The van der Waals surface area contributed by atoms with Crippen LogP contribution in [0.15, 0.2) is 0 Å². The zero-order valence-electron chi connectivity index (χ0n) is 3.39. The molecule has 0 saturated carbocycles. The van der Waals surface area contributed by atoms with Gasteiger partial charge < -0.3 is 0 Å². The Hall–Kier alpha value is 2.31. The smallest absolute Gasteiger partial charge is 0.0104 e. The fraction of sp³-hybridized carbons (Fsp3) is 0. The molecule has 41 valence electrons. The first-order chi connectivity index (χ1) is 1.41. The van der Waals surface area contributed by atoms with Crippen LogP contribution in [0.1, 0.15) is 0 Å². The average molecular weight is 263 g/mol. The number of halogens is 2. The van der Waals surface area contributed by atoms with Crippen LogP contribution in [0.3, 0.4) is 0 Å². The molecule has 0 aliphatic heterocycles. The van der Waals surface area contributed by atoms with Crippen LogP contribution in [0.25, 0.3) is 0 Å². The van der Waals surface area contributed by atoms with Crippen molar-refractivity contribution in [1.82, 2.24) is 0 Å². The Morgan fingerprint density at radius 1 is 1.14 bits per heavy atom. The zero-order chi connectivity index (χ0) is 2.71. The number of hydrogen-bond donors (Lipinski definition) is 0. The van der Waals surface area contributed by atoms with Gasteiger partial charge in [0.05, 0.1) is 0 Å². The molecule has 0 heterocycles. The summed E-state index contributed by atoms with van der Waals surface area (Å²) in [6, 6.07) is 0. The van der Waals surface area contributed by atoms with Gasteiger partial charge in [-0.15, -0.1) is 0 Å². The molecule has 0 fully saturated rings. The Labute approximate surface area is 91.4 Å². The quantitative estimate of drug-likeness (QED) is 0.574. The third kappa shape index (κ3) is 61.9. The summed E-state index contributed by atoms with van der Waals surface area (Å²) in [5.41, 5.74) is 0. The van der Waals surface area contributed by atoms with Crippen LogP contribution in [-0.2, 0) is 64.4 Å². The fourth-order valence-corrected chi connectivity index (χ4v) is 0. The minimum Gasteiger partial charge on any atom is -0.0104 e. The molecule has 1 nitrogen and oxygen atoms in total. The Bertz CT molecular complexity index is 17.7. The van der Waals surface area contributed by atoms with E-state index in [1.165, 1.54) is 5.15 Å². The first-order valence-electron chi connectivity index (χ1n) is 0.309. The standard InChI is InChI=1S/F2O.Li.Mo.Ni.Ti/c1-3-2;;;;. The van der Waals surface area contributed by atoms with Crippen LogP contribution in [0.5, 0.6) is 0 Å². The molecule has 1 radical (unpaired) electrons. The SMILES string of the molecule is FOF.[Li].[Mo].[Ni].[Ti]. The molecule has 0 rings (SSSR count). The van der Waals surface area contributed by atoms with Crippen LogP contribution in [0.4, 0.5) is 9.05 Å². The van der Waals surface area contributed by atoms with Crippen LogP contribution >= 0.6 is 0 Å². The minimum atomic E-state index is 0. The van der Waals surface area contributed by atoms with Gasteiger partial charge in [0.1, 0.15) is 0 Å². The van der Waals surface area contributed by atoms with E-state index in [0.717, 1.165) is 0 Å². The Morgan fingerprint density at radius 3 is 1.14 bits per heavy atom. The molecule has 0 saturated heterocycles. The molecule has 0 bridgehead atoms. The van der Waals surface area contributed by atoms with Gasteiger partial charge in [-0.2, -0.15) is 0 Å². The van der Waals surface area contributed by atoms with Gasteiger partial charge in [0.15, 0.2) is 0 Å². The maximum absolute atomic E-state index is 9.12. The molecule has 0 aliphatic rings. The third-order valence-electron chi connectivity index (χ3n) is 0. The van der Waals surface area contributed by atoms with Crippen molar-refractivity contribution >= 4 is 18.9 Å². The molecule has 0 unspecified atom stereocenters. The fourth-order valence-electron chi connectivity index (χ4n) is 0.